The molecule has 0 aliphatic heterocycles. The molecule has 1 aliphatic carbocycles. The van der Waals surface area contributed by atoms with E-state index in [0.717, 1.165) is 5.56 Å². The van der Waals surface area contributed by atoms with Gasteiger partial charge in [-0.05, 0) is 36.5 Å². The van der Waals surface area contributed by atoms with Crippen LogP contribution in [-0.2, 0) is 0 Å². The van der Waals surface area contributed by atoms with E-state index < -0.39 is 5.97 Å². The minimum atomic E-state index is -1.17. The largest absolute Gasteiger partial charge is 0.545 e. The average molecular weight is 280 g/mol. The van der Waals surface area contributed by atoms with E-state index in [4.69, 9.17) is 0 Å². The minimum Gasteiger partial charge on any atom is -0.545 e. The molecule has 1 aromatic heterocycles. The molecular weight excluding hydrogens is 262 g/mol. The summed E-state index contributed by atoms with van der Waals surface area (Å²) in [5.41, 5.74) is 2.85. The topological polar surface area (TPSA) is 53.0 Å². The third-order valence-electron chi connectivity index (χ3n) is 4.29. The zero-order valence-corrected chi connectivity index (χ0v) is 11.9. The molecule has 3 rings (SSSR count). The molecule has 3 heteroatoms. The molecule has 3 nitrogen and oxygen atoms in total. The molecule has 108 valence electrons. The number of rotatable bonds is 3. The minimum absolute atomic E-state index is 0.167. The number of carbonyl (C=O) groups excluding carboxylic acids is 1. The number of hydrogen-bond donors (Lipinski definition) is 0. The smallest absolute Gasteiger partial charge is 0.0795 e. The van der Waals surface area contributed by atoms with Crippen molar-refractivity contribution in [3.05, 3.63) is 53.7 Å². The van der Waals surface area contributed by atoms with Crippen LogP contribution in [0.3, 0.4) is 0 Å². The Balaban J connectivity index is 2.09. The molecule has 1 fully saturated rings. The number of carboxylic acids is 1. The second-order valence-corrected chi connectivity index (χ2v) is 5.61. The normalized spacial score (nSPS) is 15.8. The Morgan fingerprint density at radius 1 is 1.05 bits per heavy atom. The van der Waals surface area contributed by atoms with Gasteiger partial charge in [0.15, 0.2) is 0 Å². The van der Waals surface area contributed by atoms with E-state index >= 15 is 0 Å². The fraction of sp³-hybridized carbons (Fsp3) is 0.333. The second kappa shape index (κ2) is 6.08. The molecule has 1 aromatic carbocycles. The molecule has 21 heavy (non-hydrogen) atoms. The van der Waals surface area contributed by atoms with Gasteiger partial charge in [0.05, 0.1) is 11.7 Å². The van der Waals surface area contributed by atoms with Gasteiger partial charge in [-0.15, -0.1) is 0 Å². The van der Waals surface area contributed by atoms with Crippen molar-refractivity contribution >= 4 is 5.97 Å². The van der Waals surface area contributed by atoms with E-state index in [0.29, 0.717) is 11.6 Å². The number of nitrogens with zero attached hydrogens (tertiary/aromatic N) is 1. The maximum atomic E-state index is 11.3. The summed E-state index contributed by atoms with van der Waals surface area (Å²) >= 11 is 0. The Kier molecular flexibility index (Phi) is 4.00. The molecule has 0 N–H and O–H groups in total. The first-order valence-electron chi connectivity index (χ1n) is 7.53. The summed E-state index contributed by atoms with van der Waals surface area (Å²) in [6, 6.07) is 11.2. The number of benzene rings is 1. The Labute approximate surface area is 124 Å². The lowest BCUT2D eigenvalue weighted by atomic mass is 9.81. The molecule has 1 heterocycles. The van der Waals surface area contributed by atoms with Gasteiger partial charge < -0.3 is 9.90 Å². The van der Waals surface area contributed by atoms with E-state index in [1.54, 1.807) is 18.3 Å². The van der Waals surface area contributed by atoms with Gasteiger partial charge in [-0.3, -0.25) is 4.98 Å². The van der Waals surface area contributed by atoms with Crippen molar-refractivity contribution < 1.29 is 9.90 Å². The fourth-order valence-electron chi connectivity index (χ4n) is 3.27. The van der Waals surface area contributed by atoms with Crippen LogP contribution in [0.15, 0.2) is 42.6 Å². The summed E-state index contributed by atoms with van der Waals surface area (Å²) in [6.07, 6.45) is 7.77. The summed E-state index contributed by atoms with van der Waals surface area (Å²) < 4.78 is 0. The molecule has 0 atom stereocenters. The number of hydrogen-bond acceptors (Lipinski definition) is 3. The van der Waals surface area contributed by atoms with Crippen molar-refractivity contribution in [1.82, 2.24) is 4.98 Å². The van der Waals surface area contributed by atoms with Crippen molar-refractivity contribution in [2.24, 2.45) is 0 Å². The average Bonchev–Trinajstić information content (AvgIpc) is 2.55. The van der Waals surface area contributed by atoms with Crippen molar-refractivity contribution in [2.45, 2.75) is 38.0 Å². The molecule has 0 unspecified atom stereocenters. The first-order chi connectivity index (χ1) is 10.3. The molecule has 0 spiro atoms. The van der Waals surface area contributed by atoms with Crippen LogP contribution in [0.1, 0.15) is 53.9 Å². The highest BCUT2D eigenvalue weighted by molar-refractivity contribution is 5.93. The predicted octanol–water partition coefficient (Wildman–Crippen LogP) is 3.16. The molecule has 0 radical (unpaired) electrons. The van der Waals surface area contributed by atoms with Crippen LogP contribution in [0, 0.1) is 0 Å². The number of carbonyl (C=O) groups is 1. The second-order valence-electron chi connectivity index (χ2n) is 5.61. The van der Waals surface area contributed by atoms with Crippen molar-refractivity contribution in [3.8, 4) is 11.3 Å². The maximum Gasteiger partial charge on any atom is 0.0795 e. The summed E-state index contributed by atoms with van der Waals surface area (Å²) in [7, 11) is 0. The lowest BCUT2D eigenvalue weighted by Gasteiger charge is -2.24. The highest BCUT2D eigenvalue weighted by atomic mass is 16.4. The highest BCUT2D eigenvalue weighted by Crippen LogP contribution is 2.38. The molecule has 2 aromatic rings. The van der Waals surface area contributed by atoms with Gasteiger partial charge in [0.2, 0.25) is 0 Å². The summed E-state index contributed by atoms with van der Waals surface area (Å²) in [6.45, 7) is 0. The van der Waals surface area contributed by atoms with Crippen LogP contribution in [0.2, 0.25) is 0 Å². The Morgan fingerprint density at radius 3 is 2.57 bits per heavy atom. The van der Waals surface area contributed by atoms with Gasteiger partial charge in [-0.25, -0.2) is 0 Å². The van der Waals surface area contributed by atoms with Gasteiger partial charge in [0.1, 0.15) is 0 Å². The van der Waals surface area contributed by atoms with Crippen LogP contribution in [0.4, 0.5) is 0 Å². The van der Waals surface area contributed by atoms with E-state index in [-0.39, 0.29) is 5.56 Å². The zero-order valence-electron chi connectivity index (χ0n) is 11.9. The molecule has 1 aliphatic rings. The Hall–Kier alpha value is -2.16. The quantitative estimate of drug-likeness (QED) is 0.867. The van der Waals surface area contributed by atoms with Crippen LogP contribution < -0.4 is 5.11 Å². The van der Waals surface area contributed by atoms with Crippen LogP contribution in [-0.4, -0.2) is 11.0 Å². The first-order valence-corrected chi connectivity index (χ1v) is 7.53. The van der Waals surface area contributed by atoms with Crippen molar-refractivity contribution in [3.63, 3.8) is 0 Å². The SMILES string of the molecule is O=C([O-])c1cccnc1-c1ccccc1C1CCCCC1. The van der Waals surface area contributed by atoms with Gasteiger partial charge in [0.25, 0.3) is 0 Å². The first kappa shape index (κ1) is 13.8. The molecular formula is C18H18NO2-. The van der Waals surface area contributed by atoms with E-state index in [2.05, 4.69) is 11.1 Å². The molecule has 1 saturated carbocycles. The fourth-order valence-corrected chi connectivity index (χ4v) is 3.27. The molecule has 0 amide bonds. The maximum absolute atomic E-state index is 11.3. The van der Waals surface area contributed by atoms with E-state index in [9.17, 15) is 9.90 Å². The number of carboxylic acid groups (broad SMARTS) is 1. The standard InChI is InChI=1S/C18H19NO2/c20-18(21)16-11-6-12-19-17(16)15-10-5-4-9-14(15)13-7-2-1-3-8-13/h4-6,9-13H,1-3,7-8H2,(H,20,21)/p-1. The van der Waals surface area contributed by atoms with Crippen molar-refractivity contribution in [2.75, 3.05) is 0 Å². The third kappa shape index (κ3) is 2.82. The lowest BCUT2D eigenvalue weighted by Crippen LogP contribution is -2.23. The summed E-state index contributed by atoms with van der Waals surface area (Å²) in [5.74, 6) is -0.664. The number of pyridine rings is 1. The van der Waals surface area contributed by atoms with Crippen LogP contribution >= 0.6 is 0 Å². The summed E-state index contributed by atoms with van der Waals surface area (Å²) in [4.78, 5) is 15.6. The van der Waals surface area contributed by atoms with Gasteiger partial charge in [-0.2, -0.15) is 0 Å². The zero-order chi connectivity index (χ0) is 14.7. The Bertz CT molecular complexity index is 645. The van der Waals surface area contributed by atoms with E-state index in [1.807, 2.05) is 18.2 Å². The van der Waals surface area contributed by atoms with Crippen LogP contribution in [0.5, 0.6) is 0 Å². The van der Waals surface area contributed by atoms with E-state index in [1.165, 1.54) is 37.7 Å². The van der Waals surface area contributed by atoms with Crippen molar-refractivity contribution in [1.29, 1.82) is 0 Å². The number of aromatic nitrogens is 1. The molecule has 0 bridgehead atoms. The monoisotopic (exact) mass is 280 g/mol. The van der Waals surface area contributed by atoms with Gasteiger partial charge in [0, 0.05) is 17.3 Å². The third-order valence-corrected chi connectivity index (χ3v) is 4.29. The van der Waals surface area contributed by atoms with Gasteiger partial charge >= 0.3 is 0 Å². The highest BCUT2D eigenvalue weighted by Gasteiger charge is 2.20. The molecule has 0 saturated heterocycles. The Morgan fingerprint density at radius 2 is 1.81 bits per heavy atom. The van der Waals surface area contributed by atoms with Gasteiger partial charge in [-0.1, -0.05) is 43.5 Å². The van der Waals surface area contributed by atoms with Crippen LogP contribution in [0.25, 0.3) is 11.3 Å². The number of aromatic carboxylic acids is 1. The lowest BCUT2D eigenvalue weighted by molar-refractivity contribution is -0.255. The summed E-state index contributed by atoms with van der Waals surface area (Å²) in [5, 5.41) is 11.3. The predicted molar refractivity (Wildman–Crippen MR) is 79.8 cm³/mol.